The molecule has 0 spiro atoms. The molecule has 0 saturated carbocycles. The molecule has 2 rings (SSSR count). The summed E-state index contributed by atoms with van der Waals surface area (Å²) in [4.78, 5) is 24.0. The number of aliphatic hydroxyl groups is 1. The third-order valence-corrected chi connectivity index (χ3v) is 4.08. The van der Waals surface area contributed by atoms with E-state index in [2.05, 4.69) is 0 Å². The van der Waals surface area contributed by atoms with Crippen LogP contribution in [0.25, 0.3) is 0 Å². The molecule has 6 nitrogen and oxygen atoms in total. The van der Waals surface area contributed by atoms with Crippen molar-refractivity contribution in [2.75, 3.05) is 19.7 Å². The number of nitro benzene ring substituents is 1. The van der Waals surface area contributed by atoms with Gasteiger partial charge in [0.05, 0.1) is 9.95 Å². The minimum atomic E-state index is -0.675. The van der Waals surface area contributed by atoms with Crippen LogP contribution in [0.4, 0.5) is 5.69 Å². The Hall–Kier alpha value is -1.37. The van der Waals surface area contributed by atoms with Crippen LogP contribution in [0.1, 0.15) is 16.8 Å². The molecule has 1 fully saturated rings. The van der Waals surface area contributed by atoms with Crippen LogP contribution in [0.2, 0.25) is 10.0 Å². The van der Waals surface area contributed by atoms with Crippen LogP contribution in [0.15, 0.2) is 12.1 Å². The van der Waals surface area contributed by atoms with Crippen molar-refractivity contribution in [3.63, 3.8) is 0 Å². The molecule has 1 amide bonds. The van der Waals surface area contributed by atoms with Crippen molar-refractivity contribution in [3.05, 3.63) is 37.9 Å². The molecule has 1 unspecified atom stereocenters. The molecule has 1 heterocycles. The second-order valence-electron chi connectivity index (χ2n) is 4.64. The van der Waals surface area contributed by atoms with Crippen LogP contribution >= 0.6 is 23.2 Å². The van der Waals surface area contributed by atoms with Gasteiger partial charge in [-0.2, -0.15) is 0 Å². The van der Waals surface area contributed by atoms with Gasteiger partial charge in [0.15, 0.2) is 0 Å². The van der Waals surface area contributed by atoms with Gasteiger partial charge in [0.1, 0.15) is 5.02 Å². The van der Waals surface area contributed by atoms with E-state index in [1.165, 1.54) is 6.07 Å². The van der Waals surface area contributed by atoms with Crippen molar-refractivity contribution in [2.24, 2.45) is 5.92 Å². The molecule has 1 aliphatic heterocycles. The molecule has 0 bridgehead atoms. The molecule has 1 saturated heterocycles. The van der Waals surface area contributed by atoms with Gasteiger partial charge in [0.25, 0.3) is 11.6 Å². The van der Waals surface area contributed by atoms with E-state index in [9.17, 15) is 14.9 Å². The normalized spacial score (nSPS) is 18.4. The third kappa shape index (κ3) is 2.87. The van der Waals surface area contributed by atoms with Gasteiger partial charge >= 0.3 is 0 Å². The molecule has 0 radical (unpaired) electrons. The van der Waals surface area contributed by atoms with Crippen molar-refractivity contribution in [2.45, 2.75) is 6.42 Å². The summed E-state index contributed by atoms with van der Waals surface area (Å²) in [6.45, 7) is 0.965. The summed E-state index contributed by atoms with van der Waals surface area (Å²) in [6.07, 6.45) is 0.714. The van der Waals surface area contributed by atoms with Crippen LogP contribution in [0.5, 0.6) is 0 Å². The second-order valence-corrected chi connectivity index (χ2v) is 5.42. The van der Waals surface area contributed by atoms with Gasteiger partial charge in [-0.25, -0.2) is 0 Å². The Balaban J connectivity index is 2.29. The van der Waals surface area contributed by atoms with E-state index in [0.717, 1.165) is 6.07 Å². The highest BCUT2D eigenvalue weighted by molar-refractivity contribution is 6.43. The van der Waals surface area contributed by atoms with Crippen LogP contribution in [-0.4, -0.2) is 40.5 Å². The number of carbonyl (C=O) groups is 1. The Labute approximate surface area is 125 Å². The number of nitrogens with zero attached hydrogens (tertiary/aromatic N) is 2. The summed E-state index contributed by atoms with van der Waals surface area (Å²) in [5, 5.41) is 19.7. The molecule has 8 heteroatoms. The second kappa shape index (κ2) is 5.95. The molecular weight excluding hydrogens is 307 g/mol. The van der Waals surface area contributed by atoms with E-state index in [1.54, 1.807) is 4.90 Å². The summed E-state index contributed by atoms with van der Waals surface area (Å²) in [6, 6.07) is 2.45. The van der Waals surface area contributed by atoms with Crippen molar-refractivity contribution in [3.8, 4) is 0 Å². The molecule has 108 valence electrons. The average molecular weight is 319 g/mol. The first-order chi connectivity index (χ1) is 9.43. The van der Waals surface area contributed by atoms with Gasteiger partial charge in [-0.15, -0.1) is 0 Å². The third-order valence-electron chi connectivity index (χ3n) is 3.28. The zero-order valence-electron chi connectivity index (χ0n) is 10.4. The maximum absolute atomic E-state index is 12.3. The number of nitro groups is 1. The maximum Gasteiger partial charge on any atom is 0.290 e. The predicted octanol–water partition coefficient (Wildman–Crippen LogP) is 2.36. The van der Waals surface area contributed by atoms with Gasteiger partial charge in [-0.1, -0.05) is 23.2 Å². The first-order valence-corrected chi connectivity index (χ1v) is 6.73. The Morgan fingerprint density at radius 2 is 2.20 bits per heavy atom. The van der Waals surface area contributed by atoms with E-state index in [0.29, 0.717) is 19.5 Å². The molecule has 1 atom stereocenters. The molecular formula is C12H12Cl2N2O4. The van der Waals surface area contributed by atoms with Gasteiger partial charge in [-0.3, -0.25) is 14.9 Å². The number of hydrogen-bond donors (Lipinski definition) is 1. The summed E-state index contributed by atoms with van der Waals surface area (Å²) in [5.41, 5.74) is -0.259. The zero-order chi connectivity index (χ0) is 14.9. The maximum atomic E-state index is 12.3. The summed E-state index contributed by atoms with van der Waals surface area (Å²) in [7, 11) is 0. The fraction of sp³-hybridized carbons (Fsp3) is 0.417. The Morgan fingerprint density at radius 1 is 1.50 bits per heavy atom. The number of halogens is 2. The fourth-order valence-corrected chi connectivity index (χ4v) is 2.57. The highest BCUT2D eigenvalue weighted by atomic mass is 35.5. The minimum absolute atomic E-state index is 0.0191. The van der Waals surface area contributed by atoms with E-state index < -0.39 is 4.92 Å². The standard InChI is InChI=1S/C12H12Cl2N2O4/c13-9-3-8(4-10(11(9)14)16(19)20)12(18)15-2-1-7(5-15)6-17/h3-4,7,17H,1-2,5-6H2. The molecule has 1 aromatic rings. The van der Waals surface area contributed by atoms with Crippen LogP contribution in [-0.2, 0) is 0 Å². The topological polar surface area (TPSA) is 83.7 Å². The first-order valence-electron chi connectivity index (χ1n) is 5.97. The monoisotopic (exact) mass is 318 g/mol. The highest BCUT2D eigenvalue weighted by Crippen LogP contribution is 2.33. The summed E-state index contributed by atoms with van der Waals surface area (Å²) in [5.74, 6) is -0.292. The molecule has 1 aliphatic rings. The smallest absolute Gasteiger partial charge is 0.290 e. The lowest BCUT2D eigenvalue weighted by molar-refractivity contribution is -0.384. The van der Waals surface area contributed by atoms with E-state index in [-0.39, 0.29) is 39.7 Å². The van der Waals surface area contributed by atoms with Crippen molar-refractivity contribution >= 4 is 34.8 Å². The van der Waals surface area contributed by atoms with Crippen molar-refractivity contribution < 1.29 is 14.8 Å². The fourth-order valence-electron chi connectivity index (χ4n) is 2.18. The van der Waals surface area contributed by atoms with E-state index in [1.807, 2.05) is 0 Å². The number of hydrogen-bond acceptors (Lipinski definition) is 4. The summed E-state index contributed by atoms with van der Waals surface area (Å²) < 4.78 is 0. The number of rotatable bonds is 3. The lowest BCUT2D eigenvalue weighted by Gasteiger charge is -2.16. The lowest BCUT2D eigenvalue weighted by Crippen LogP contribution is -2.29. The largest absolute Gasteiger partial charge is 0.396 e. The van der Waals surface area contributed by atoms with Crippen molar-refractivity contribution in [1.29, 1.82) is 0 Å². The first kappa shape index (κ1) is 15.0. The van der Waals surface area contributed by atoms with Crippen LogP contribution in [0.3, 0.4) is 0 Å². The molecule has 0 aromatic heterocycles. The Bertz CT molecular complexity index is 565. The van der Waals surface area contributed by atoms with Gasteiger partial charge in [0, 0.05) is 37.2 Å². The zero-order valence-corrected chi connectivity index (χ0v) is 11.9. The SMILES string of the molecule is O=C(c1cc(Cl)c(Cl)c([N+](=O)[O-])c1)N1CCC(CO)C1. The Kier molecular flexibility index (Phi) is 4.47. The van der Waals surface area contributed by atoms with Crippen LogP contribution in [0, 0.1) is 16.0 Å². The average Bonchev–Trinajstić information content (AvgIpc) is 2.89. The number of amides is 1. The molecule has 1 N–H and O–H groups in total. The van der Waals surface area contributed by atoms with Crippen molar-refractivity contribution in [1.82, 2.24) is 4.90 Å². The Morgan fingerprint density at radius 3 is 2.75 bits per heavy atom. The molecule has 20 heavy (non-hydrogen) atoms. The minimum Gasteiger partial charge on any atom is -0.396 e. The molecule has 0 aliphatic carbocycles. The number of benzene rings is 1. The summed E-state index contributed by atoms with van der Waals surface area (Å²) >= 11 is 11.6. The highest BCUT2D eigenvalue weighted by Gasteiger charge is 2.28. The quantitative estimate of drug-likeness (QED) is 0.685. The van der Waals surface area contributed by atoms with Gasteiger partial charge in [-0.05, 0) is 12.5 Å². The van der Waals surface area contributed by atoms with Gasteiger partial charge < -0.3 is 10.0 Å². The number of likely N-dealkylation sites (tertiary alicyclic amines) is 1. The van der Waals surface area contributed by atoms with Crippen LogP contribution < -0.4 is 0 Å². The predicted molar refractivity (Wildman–Crippen MR) is 74.2 cm³/mol. The number of aliphatic hydroxyl groups excluding tert-OH is 1. The van der Waals surface area contributed by atoms with E-state index in [4.69, 9.17) is 28.3 Å². The molecule has 1 aromatic carbocycles. The van der Waals surface area contributed by atoms with E-state index >= 15 is 0 Å². The van der Waals surface area contributed by atoms with Gasteiger partial charge in [0.2, 0.25) is 0 Å². The number of carbonyl (C=O) groups excluding carboxylic acids is 1. The lowest BCUT2D eigenvalue weighted by atomic mass is 10.1.